The largest absolute Gasteiger partial charge is 0.481 e. The Kier molecular flexibility index (Phi) is 6.51. The third kappa shape index (κ3) is 5.21. The van der Waals surface area contributed by atoms with Gasteiger partial charge >= 0.3 is 5.97 Å². The molecule has 1 unspecified atom stereocenters. The number of carbonyl (C=O) groups is 2. The fraction of sp³-hybridized carbons (Fsp3) is 0.429. The van der Waals surface area contributed by atoms with Crippen molar-refractivity contribution in [2.75, 3.05) is 20.7 Å². The fourth-order valence-corrected chi connectivity index (χ4v) is 1.81. The van der Waals surface area contributed by atoms with Crippen molar-refractivity contribution >= 4 is 27.8 Å². The van der Waals surface area contributed by atoms with E-state index >= 15 is 0 Å². The molecule has 0 spiro atoms. The number of ether oxygens (including phenoxy) is 2. The van der Waals surface area contributed by atoms with Gasteiger partial charge in [-0.05, 0) is 31.2 Å². The smallest absolute Gasteiger partial charge is 0.307 e. The van der Waals surface area contributed by atoms with Crippen molar-refractivity contribution in [3.8, 4) is 5.75 Å². The van der Waals surface area contributed by atoms with Crippen LogP contribution in [0.4, 0.5) is 0 Å². The van der Waals surface area contributed by atoms with Crippen molar-refractivity contribution in [3.63, 3.8) is 0 Å². The Bertz CT molecular complexity index is 461. The van der Waals surface area contributed by atoms with Crippen LogP contribution >= 0.6 is 15.9 Å². The summed E-state index contributed by atoms with van der Waals surface area (Å²) in [6.45, 7) is 1.98. The number of hydrogen-bond donors (Lipinski definition) is 0. The quantitative estimate of drug-likeness (QED) is 0.743. The Morgan fingerprint density at radius 2 is 1.90 bits per heavy atom. The minimum Gasteiger partial charge on any atom is -0.481 e. The lowest BCUT2D eigenvalue weighted by atomic mass is 10.3. The first-order valence-electron chi connectivity index (χ1n) is 6.18. The monoisotopic (exact) mass is 343 g/mol. The lowest BCUT2D eigenvalue weighted by Gasteiger charge is -2.21. The number of halogens is 1. The standard InChI is InChI=1S/C14H18BrNO4/c1-10(20-12-6-4-11(15)5-7-12)14(18)16(2)9-8-13(17)19-3/h4-7,10H,8-9H2,1-3H3. The van der Waals surface area contributed by atoms with E-state index in [0.717, 1.165) is 4.47 Å². The summed E-state index contributed by atoms with van der Waals surface area (Å²) in [5.74, 6) is 0.0957. The molecular weight excluding hydrogens is 326 g/mol. The molecule has 0 aliphatic rings. The number of hydrogen-bond acceptors (Lipinski definition) is 4. The number of benzene rings is 1. The summed E-state index contributed by atoms with van der Waals surface area (Å²) >= 11 is 3.33. The van der Waals surface area contributed by atoms with Gasteiger partial charge in [-0.15, -0.1) is 0 Å². The third-order valence-electron chi connectivity index (χ3n) is 2.73. The molecule has 1 atom stereocenters. The van der Waals surface area contributed by atoms with Crippen molar-refractivity contribution in [1.29, 1.82) is 0 Å². The van der Waals surface area contributed by atoms with E-state index in [2.05, 4.69) is 20.7 Å². The van der Waals surface area contributed by atoms with Gasteiger partial charge in [0.1, 0.15) is 5.75 Å². The highest BCUT2D eigenvalue weighted by molar-refractivity contribution is 9.10. The SMILES string of the molecule is COC(=O)CCN(C)C(=O)C(C)Oc1ccc(Br)cc1. The van der Waals surface area contributed by atoms with Gasteiger partial charge in [0, 0.05) is 18.1 Å². The molecule has 1 aromatic rings. The molecule has 0 aliphatic carbocycles. The lowest BCUT2D eigenvalue weighted by molar-refractivity contribution is -0.142. The summed E-state index contributed by atoms with van der Waals surface area (Å²) in [7, 11) is 2.95. The predicted molar refractivity (Wildman–Crippen MR) is 78.5 cm³/mol. The molecule has 5 nitrogen and oxygen atoms in total. The van der Waals surface area contributed by atoms with Gasteiger partial charge in [-0.1, -0.05) is 15.9 Å². The molecule has 1 amide bonds. The zero-order chi connectivity index (χ0) is 15.1. The second-order valence-corrected chi connectivity index (χ2v) is 5.22. The number of amides is 1. The molecule has 0 aromatic heterocycles. The van der Waals surface area contributed by atoms with Gasteiger partial charge in [-0.2, -0.15) is 0 Å². The highest BCUT2D eigenvalue weighted by atomic mass is 79.9. The molecule has 1 rings (SSSR count). The molecule has 6 heteroatoms. The number of methoxy groups -OCH3 is 1. The summed E-state index contributed by atoms with van der Waals surface area (Å²) in [6.07, 6.45) is -0.442. The molecule has 0 N–H and O–H groups in total. The summed E-state index contributed by atoms with van der Waals surface area (Å²) in [4.78, 5) is 24.5. The predicted octanol–water partition coefficient (Wildman–Crippen LogP) is 2.24. The normalized spacial score (nSPS) is 11.6. The first-order valence-corrected chi connectivity index (χ1v) is 6.97. The number of carbonyl (C=O) groups excluding carboxylic acids is 2. The molecule has 20 heavy (non-hydrogen) atoms. The minimum absolute atomic E-state index is 0.170. The molecule has 1 aromatic carbocycles. The number of rotatable bonds is 6. The number of esters is 1. The van der Waals surface area contributed by atoms with Crippen LogP contribution in [0.3, 0.4) is 0 Å². The Morgan fingerprint density at radius 1 is 1.30 bits per heavy atom. The number of nitrogens with zero attached hydrogens (tertiary/aromatic N) is 1. The van der Waals surface area contributed by atoms with Crippen molar-refractivity contribution in [2.24, 2.45) is 0 Å². The maximum atomic E-state index is 12.1. The van der Waals surface area contributed by atoms with E-state index in [9.17, 15) is 9.59 Å². The van der Waals surface area contributed by atoms with Crippen LogP contribution in [0, 0.1) is 0 Å². The topological polar surface area (TPSA) is 55.8 Å². The first kappa shape index (κ1) is 16.5. The third-order valence-corrected chi connectivity index (χ3v) is 3.26. The average molecular weight is 344 g/mol. The zero-order valence-corrected chi connectivity index (χ0v) is 13.3. The number of likely N-dealkylation sites (N-methyl/N-ethyl adjacent to an activating group) is 1. The first-order chi connectivity index (χ1) is 9.43. The van der Waals surface area contributed by atoms with Crippen molar-refractivity contribution in [3.05, 3.63) is 28.7 Å². The van der Waals surface area contributed by atoms with Gasteiger partial charge in [-0.3, -0.25) is 9.59 Å². The zero-order valence-electron chi connectivity index (χ0n) is 11.8. The van der Waals surface area contributed by atoms with Crippen LogP contribution < -0.4 is 4.74 Å². The Morgan fingerprint density at radius 3 is 2.45 bits per heavy atom. The lowest BCUT2D eigenvalue weighted by Crippen LogP contribution is -2.39. The highest BCUT2D eigenvalue weighted by Gasteiger charge is 2.19. The van der Waals surface area contributed by atoms with E-state index in [4.69, 9.17) is 4.74 Å². The van der Waals surface area contributed by atoms with E-state index in [0.29, 0.717) is 12.3 Å². The van der Waals surface area contributed by atoms with Crippen LogP contribution in [0.25, 0.3) is 0 Å². The van der Waals surface area contributed by atoms with Crippen LogP contribution in [-0.2, 0) is 14.3 Å². The van der Waals surface area contributed by atoms with E-state index in [1.54, 1.807) is 26.1 Å². The van der Waals surface area contributed by atoms with Gasteiger partial charge in [0.25, 0.3) is 5.91 Å². The molecule has 0 saturated heterocycles. The van der Waals surface area contributed by atoms with Crippen LogP contribution in [0.15, 0.2) is 28.7 Å². The van der Waals surface area contributed by atoms with Gasteiger partial charge in [0.05, 0.1) is 13.5 Å². The second kappa shape index (κ2) is 7.89. The maximum absolute atomic E-state index is 12.1. The summed E-state index contributed by atoms with van der Waals surface area (Å²) in [6, 6.07) is 7.24. The molecule has 0 saturated carbocycles. The Balaban J connectivity index is 2.49. The van der Waals surface area contributed by atoms with Crippen LogP contribution in [0.2, 0.25) is 0 Å². The van der Waals surface area contributed by atoms with Gasteiger partial charge in [0.15, 0.2) is 6.10 Å². The molecule has 0 fully saturated rings. The summed E-state index contributed by atoms with van der Waals surface area (Å²) < 4.78 is 11.0. The molecular formula is C14H18BrNO4. The van der Waals surface area contributed by atoms with Gasteiger partial charge in [-0.25, -0.2) is 0 Å². The second-order valence-electron chi connectivity index (χ2n) is 4.30. The van der Waals surface area contributed by atoms with E-state index in [-0.39, 0.29) is 18.3 Å². The average Bonchev–Trinajstić information content (AvgIpc) is 2.45. The minimum atomic E-state index is -0.612. The molecule has 110 valence electrons. The molecule has 0 radical (unpaired) electrons. The van der Waals surface area contributed by atoms with Crippen molar-refractivity contribution in [1.82, 2.24) is 4.90 Å². The molecule has 0 aliphatic heterocycles. The van der Waals surface area contributed by atoms with Crippen LogP contribution in [-0.4, -0.2) is 43.6 Å². The summed E-state index contributed by atoms with van der Waals surface area (Å²) in [5, 5.41) is 0. The van der Waals surface area contributed by atoms with E-state index in [1.165, 1.54) is 12.0 Å². The van der Waals surface area contributed by atoms with E-state index in [1.807, 2.05) is 12.1 Å². The molecule has 0 heterocycles. The van der Waals surface area contributed by atoms with E-state index < -0.39 is 6.10 Å². The van der Waals surface area contributed by atoms with Crippen molar-refractivity contribution < 1.29 is 19.1 Å². The van der Waals surface area contributed by atoms with Gasteiger partial charge in [0.2, 0.25) is 0 Å². The highest BCUT2D eigenvalue weighted by Crippen LogP contribution is 2.17. The Hall–Kier alpha value is -1.56. The Labute approximate surface area is 127 Å². The van der Waals surface area contributed by atoms with Crippen LogP contribution in [0.1, 0.15) is 13.3 Å². The summed E-state index contributed by atoms with van der Waals surface area (Å²) in [5.41, 5.74) is 0. The molecule has 0 bridgehead atoms. The fourth-order valence-electron chi connectivity index (χ4n) is 1.55. The van der Waals surface area contributed by atoms with Crippen LogP contribution in [0.5, 0.6) is 5.75 Å². The van der Waals surface area contributed by atoms with Crippen molar-refractivity contribution in [2.45, 2.75) is 19.4 Å². The maximum Gasteiger partial charge on any atom is 0.307 e. The van der Waals surface area contributed by atoms with Gasteiger partial charge < -0.3 is 14.4 Å².